The van der Waals surface area contributed by atoms with Crippen molar-refractivity contribution in [3.8, 4) is 0 Å². The molecule has 0 bridgehead atoms. The molecule has 0 aliphatic rings. The SMILES string of the molecule is CCC[Si](OCC)(OCC)OCCC(N)=O. The molecule has 6 heteroatoms. The van der Waals surface area contributed by atoms with E-state index in [9.17, 15) is 4.79 Å². The summed E-state index contributed by atoms with van der Waals surface area (Å²) >= 11 is 0. The Kier molecular flexibility index (Phi) is 8.45. The Hall–Kier alpha value is -0.433. The van der Waals surface area contributed by atoms with Gasteiger partial charge in [0.15, 0.2) is 0 Å². The Morgan fingerprint density at radius 1 is 1.12 bits per heavy atom. The van der Waals surface area contributed by atoms with Crippen LogP contribution >= 0.6 is 0 Å². The second kappa shape index (κ2) is 8.69. The Balaban J connectivity index is 4.28. The van der Waals surface area contributed by atoms with Crippen molar-refractivity contribution in [1.82, 2.24) is 0 Å². The molecule has 0 spiro atoms. The lowest BCUT2D eigenvalue weighted by molar-refractivity contribution is -0.118. The number of carbonyl (C=O) groups excluding carboxylic acids is 1. The van der Waals surface area contributed by atoms with E-state index in [0.29, 0.717) is 13.2 Å². The summed E-state index contributed by atoms with van der Waals surface area (Å²) in [6.45, 7) is 7.27. The van der Waals surface area contributed by atoms with E-state index >= 15 is 0 Å². The van der Waals surface area contributed by atoms with Crippen LogP contribution < -0.4 is 5.73 Å². The molecule has 0 aromatic rings. The molecule has 0 aliphatic carbocycles. The minimum absolute atomic E-state index is 0.207. The van der Waals surface area contributed by atoms with E-state index in [-0.39, 0.29) is 18.9 Å². The molecule has 0 saturated carbocycles. The van der Waals surface area contributed by atoms with Crippen LogP contribution in [0.5, 0.6) is 0 Å². The third-order valence-electron chi connectivity index (χ3n) is 1.96. The fourth-order valence-corrected chi connectivity index (χ4v) is 3.98. The fourth-order valence-electron chi connectivity index (χ4n) is 1.39. The molecule has 0 unspecified atom stereocenters. The van der Waals surface area contributed by atoms with E-state index in [4.69, 9.17) is 19.0 Å². The highest BCUT2D eigenvalue weighted by molar-refractivity contribution is 6.60. The molecule has 0 aromatic carbocycles. The van der Waals surface area contributed by atoms with Gasteiger partial charge >= 0.3 is 8.80 Å². The lowest BCUT2D eigenvalue weighted by Crippen LogP contribution is -2.46. The van der Waals surface area contributed by atoms with E-state index in [1.165, 1.54) is 0 Å². The Labute approximate surface area is 98.6 Å². The van der Waals surface area contributed by atoms with Crippen LogP contribution in [0, 0.1) is 0 Å². The van der Waals surface area contributed by atoms with Gasteiger partial charge in [-0.25, -0.2) is 0 Å². The van der Waals surface area contributed by atoms with Crippen LogP contribution in [0.2, 0.25) is 6.04 Å². The number of hydrogen-bond donors (Lipinski definition) is 1. The van der Waals surface area contributed by atoms with Gasteiger partial charge in [-0.05, 0) is 13.8 Å². The van der Waals surface area contributed by atoms with Gasteiger partial charge in [0.1, 0.15) is 0 Å². The van der Waals surface area contributed by atoms with Crippen molar-refractivity contribution in [2.75, 3.05) is 19.8 Å². The van der Waals surface area contributed by atoms with Gasteiger partial charge in [0, 0.05) is 32.3 Å². The third kappa shape index (κ3) is 6.22. The zero-order valence-electron chi connectivity index (χ0n) is 10.5. The van der Waals surface area contributed by atoms with E-state index in [2.05, 4.69) is 6.92 Å². The van der Waals surface area contributed by atoms with Gasteiger partial charge in [0.2, 0.25) is 5.91 Å². The molecule has 0 heterocycles. The second-order valence-corrected chi connectivity index (χ2v) is 6.10. The molecular formula is C10H23NO4Si. The Bertz CT molecular complexity index is 184. The molecular weight excluding hydrogens is 226 g/mol. The van der Waals surface area contributed by atoms with Crippen LogP contribution in [0.3, 0.4) is 0 Å². The molecule has 0 rings (SSSR count). The van der Waals surface area contributed by atoms with Crippen molar-refractivity contribution in [3.05, 3.63) is 0 Å². The first-order valence-corrected chi connectivity index (χ1v) is 7.73. The largest absolute Gasteiger partial charge is 0.500 e. The van der Waals surface area contributed by atoms with Crippen LogP contribution in [0.15, 0.2) is 0 Å². The number of primary amides is 1. The molecule has 5 nitrogen and oxygen atoms in total. The summed E-state index contributed by atoms with van der Waals surface area (Å²) in [5.41, 5.74) is 5.06. The second-order valence-electron chi connectivity index (χ2n) is 3.36. The van der Waals surface area contributed by atoms with E-state index in [0.717, 1.165) is 12.5 Å². The normalized spacial score (nSPS) is 11.7. The molecule has 0 fully saturated rings. The first-order chi connectivity index (χ1) is 7.60. The van der Waals surface area contributed by atoms with Crippen LogP contribution in [-0.4, -0.2) is 34.5 Å². The standard InChI is InChI=1S/C10H23NO4Si/c1-4-9-16(13-5-2,14-6-3)15-8-7-10(11)12/h4-9H2,1-3H3,(H2,11,12). The van der Waals surface area contributed by atoms with Gasteiger partial charge in [0.05, 0.1) is 0 Å². The topological polar surface area (TPSA) is 70.8 Å². The van der Waals surface area contributed by atoms with Gasteiger partial charge < -0.3 is 19.0 Å². The molecule has 16 heavy (non-hydrogen) atoms. The van der Waals surface area contributed by atoms with Crippen molar-refractivity contribution in [2.24, 2.45) is 5.73 Å². The minimum atomic E-state index is -2.57. The van der Waals surface area contributed by atoms with Crippen molar-refractivity contribution in [1.29, 1.82) is 0 Å². The van der Waals surface area contributed by atoms with Crippen molar-refractivity contribution in [3.63, 3.8) is 0 Å². The summed E-state index contributed by atoms with van der Waals surface area (Å²) in [5.74, 6) is -0.368. The maximum Gasteiger partial charge on any atom is 0.500 e. The highest BCUT2D eigenvalue weighted by atomic mass is 28.4. The highest BCUT2D eigenvalue weighted by Gasteiger charge is 2.39. The first kappa shape index (κ1) is 15.6. The highest BCUT2D eigenvalue weighted by Crippen LogP contribution is 2.18. The molecule has 0 aromatic heterocycles. The number of hydrogen-bond acceptors (Lipinski definition) is 4. The average Bonchev–Trinajstić information content (AvgIpc) is 2.18. The third-order valence-corrected chi connectivity index (χ3v) is 5.17. The molecule has 96 valence electrons. The zero-order chi connectivity index (χ0) is 12.4. The van der Waals surface area contributed by atoms with Gasteiger partial charge in [-0.2, -0.15) is 0 Å². The molecule has 0 aliphatic heterocycles. The van der Waals surface area contributed by atoms with Crippen LogP contribution in [0.25, 0.3) is 0 Å². The van der Waals surface area contributed by atoms with Gasteiger partial charge in [-0.1, -0.05) is 13.3 Å². The van der Waals surface area contributed by atoms with Gasteiger partial charge in [-0.15, -0.1) is 0 Å². The molecule has 2 N–H and O–H groups in total. The summed E-state index contributed by atoms with van der Waals surface area (Å²) in [6, 6.07) is 0.771. The maximum atomic E-state index is 10.6. The summed E-state index contributed by atoms with van der Waals surface area (Å²) in [6.07, 6.45) is 1.14. The van der Waals surface area contributed by atoms with E-state index in [1.54, 1.807) is 0 Å². The number of amides is 1. The predicted molar refractivity (Wildman–Crippen MR) is 63.9 cm³/mol. The smallest absolute Gasteiger partial charge is 0.374 e. The minimum Gasteiger partial charge on any atom is -0.374 e. The summed E-state index contributed by atoms with van der Waals surface area (Å²) in [4.78, 5) is 10.6. The molecule has 0 radical (unpaired) electrons. The Morgan fingerprint density at radius 3 is 2.06 bits per heavy atom. The summed E-state index contributed by atoms with van der Waals surface area (Å²) in [5, 5.41) is 0. The maximum absolute atomic E-state index is 10.6. The number of carbonyl (C=O) groups is 1. The first-order valence-electron chi connectivity index (χ1n) is 5.80. The lowest BCUT2D eigenvalue weighted by atomic mass is 10.4. The van der Waals surface area contributed by atoms with Crippen LogP contribution in [-0.2, 0) is 18.1 Å². The number of rotatable bonds is 10. The molecule has 0 atom stereocenters. The quantitative estimate of drug-likeness (QED) is 0.592. The number of nitrogens with two attached hydrogens (primary N) is 1. The Morgan fingerprint density at radius 2 is 1.69 bits per heavy atom. The summed E-state index contributed by atoms with van der Waals surface area (Å²) < 4.78 is 16.9. The van der Waals surface area contributed by atoms with Crippen LogP contribution in [0.4, 0.5) is 0 Å². The fraction of sp³-hybridized carbons (Fsp3) is 0.900. The predicted octanol–water partition coefficient (Wildman–Crippen LogP) is 1.30. The lowest BCUT2D eigenvalue weighted by Gasteiger charge is -2.28. The average molecular weight is 249 g/mol. The van der Waals surface area contributed by atoms with Gasteiger partial charge in [-0.3, -0.25) is 4.79 Å². The zero-order valence-corrected chi connectivity index (χ0v) is 11.5. The van der Waals surface area contributed by atoms with Crippen molar-refractivity contribution in [2.45, 2.75) is 39.7 Å². The molecule has 0 saturated heterocycles. The summed E-state index contributed by atoms with van der Waals surface area (Å²) in [7, 11) is -2.57. The van der Waals surface area contributed by atoms with E-state index in [1.807, 2.05) is 13.8 Å². The van der Waals surface area contributed by atoms with Crippen molar-refractivity contribution >= 4 is 14.7 Å². The molecule has 1 amide bonds. The van der Waals surface area contributed by atoms with E-state index < -0.39 is 8.80 Å². The van der Waals surface area contributed by atoms with Crippen LogP contribution in [0.1, 0.15) is 33.6 Å². The van der Waals surface area contributed by atoms with Crippen molar-refractivity contribution < 1.29 is 18.1 Å². The monoisotopic (exact) mass is 249 g/mol. The van der Waals surface area contributed by atoms with Gasteiger partial charge in [0.25, 0.3) is 0 Å².